The molecular formula is C20H21FN2O5S. The fourth-order valence-electron chi connectivity index (χ4n) is 2.22. The van der Waals surface area contributed by atoms with Gasteiger partial charge in [0, 0.05) is 12.2 Å². The molecule has 7 nitrogen and oxygen atoms in total. The Morgan fingerprint density at radius 1 is 1.21 bits per heavy atom. The van der Waals surface area contributed by atoms with Gasteiger partial charge in [0.05, 0.1) is 10.5 Å². The molecule has 0 bridgehead atoms. The van der Waals surface area contributed by atoms with Crippen LogP contribution in [0.3, 0.4) is 0 Å². The standard InChI is InChI=1S/C20H21FN2O5S/c1-4-11-22-29(26,27)17-9-6-15(7-10-17)20(25)28-14(3)19(24)23-16-8-5-13(2)18(21)12-16/h4-10,12,14,22H,1,11H2,2-3H3,(H,23,24)/t14-/m0/s1. The first-order valence-electron chi connectivity index (χ1n) is 8.62. The molecule has 0 saturated heterocycles. The fraction of sp³-hybridized carbons (Fsp3) is 0.200. The molecule has 0 heterocycles. The van der Waals surface area contributed by atoms with Gasteiger partial charge in [-0.3, -0.25) is 4.79 Å². The molecule has 0 radical (unpaired) electrons. The molecule has 0 saturated carbocycles. The van der Waals surface area contributed by atoms with Crippen molar-refractivity contribution in [1.29, 1.82) is 0 Å². The third kappa shape index (κ3) is 5.97. The number of rotatable bonds is 8. The zero-order valence-corrected chi connectivity index (χ0v) is 16.8. The lowest BCUT2D eigenvalue weighted by molar-refractivity contribution is -0.123. The van der Waals surface area contributed by atoms with E-state index in [4.69, 9.17) is 4.74 Å². The van der Waals surface area contributed by atoms with E-state index in [0.717, 1.165) is 0 Å². The van der Waals surface area contributed by atoms with Crippen molar-refractivity contribution in [1.82, 2.24) is 4.72 Å². The first-order valence-corrected chi connectivity index (χ1v) is 10.1. The highest BCUT2D eigenvalue weighted by Gasteiger charge is 2.20. The summed E-state index contributed by atoms with van der Waals surface area (Å²) in [7, 11) is -3.71. The maximum atomic E-state index is 13.6. The lowest BCUT2D eigenvalue weighted by Gasteiger charge is -2.14. The predicted octanol–water partition coefficient (Wildman–Crippen LogP) is 2.78. The van der Waals surface area contributed by atoms with Crippen LogP contribution in [0.5, 0.6) is 0 Å². The fourth-order valence-corrected chi connectivity index (χ4v) is 3.22. The van der Waals surface area contributed by atoms with Gasteiger partial charge >= 0.3 is 5.97 Å². The maximum Gasteiger partial charge on any atom is 0.338 e. The molecule has 1 amide bonds. The smallest absolute Gasteiger partial charge is 0.338 e. The van der Waals surface area contributed by atoms with Crippen LogP contribution in [0, 0.1) is 12.7 Å². The van der Waals surface area contributed by atoms with Crippen LogP contribution in [0.4, 0.5) is 10.1 Å². The summed E-state index contributed by atoms with van der Waals surface area (Å²) in [5.74, 6) is -1.90. The van der Waals surface area contributed by atoms with Gasteiger partial charge in [0.2, 0.25) is 10.0 Å². The minimum atomic E-state index is -3.71. The highest BCUT2D eigenvalue weighted by atomic mass is 32.2. The zero-order chi connectivity index (χ0) is 21.6. The molecule has 154 valence electrons. The average Bonchev–Trinajstić information content (AvgIpc) is 2.69. The summed E-state index contributed by atoms with van der Waals surface area (Å²) in [5.41, 5.74) is 0.754. The second kappa shape index (κ2) is 9.44. The van der Waals surface area contributed by atoms with Gasteiger partial charge in [-0.05, 0) is 55.8 Å². The number of aryl methyl sites for hydroxylation is 1. The second-order valence-electron chi connectivity index (χ2n) is 6.17. The SMILES string of the molecule is C=CCNS(=O)(=O)c1ccc(C(=O)O[C@@H](C)C(=O)Nc2ccc(C)c(F)c2)cc1. The number of carbonyl (C=O) groups excluding carboxylic acids is 2. The first-order chi connectivity index (χ1) is 13.6. The van der Waals surface area contributed by atoms with E-state index in [1.165, 1.54) is 55.5 Å². The van der Waals surface area contributed by atoms with Crippen LogP contribution in [0.25, 0.3) is 0 Å². The van der Waals surface area contributed by atoms with Gasteiger partial charge in [-0.1, -0.05) is 12.1 Å². The molecule has 2 aromatic carbocycles. The second-order valence-corrected chi connectivity index (χ2v) is 7.93. The Balaban J connectivity index is 2.00. The van der Waals surface area contributed by atoms with E-state index in [9.17, 15) is 22.4 Å². The van der Waals surface area contributed by atoms with Crippen molar-refractivity contribution in [2.75, 3.05) is 11.9 Å². The van der Waals surface area contributed by atoms with Crippen LogP contribution in [0.2, 0.25) is 0 Å². The van der Waals surface area contributed by atoms with Crippen molar-refractivity contribution >= 4 is 27.6 Å². The van der Waals surface area contributed by atoms with Gasteiger partial charge in [0.15, 0.2) is 6.10 Å². The van der Waals surface area contributed by atoms with Gasteiger partial charge in [-0.25, -0.2) is 22.3 Å². The van der Waals surface area contributed by atoms with E-state index in [0.29, 0.717) is 5.56 Å². The number of carbonyl (C=O) groups is 2. The lowest BCUT2D eigenvalue weighted by atomic mass is 10.2. The molecule has 1 atom stereocenters. The Labute approximate surface area is 168 Å². The Morgan fingerprint density at radius 2 is 1.86 bits per heavy atom. The van der Waals surface area contributed by atoms with Crippen LogP contribution < -0.4 is 10.0 Å². The van der Waals surface area contributed by atoms with Gasteiger partial charge in [-0.2, -0.15) is 0 Å². The van der Waals surface area contributed by atoms with Crippen molar-refractivity contribution in [2.24, 2.45) is 0 Å². The van der Waals surface area contributed by atoms with Crippen LogP contribution in [-0.4, -0.2) is 32.9 Å². The molecule has 2 rings (SSSR count). The van der Waals surface area contributed by atoms with E-state index in [2.05, 4.69) is 16.6 Å². The van der Waals surface area contributed by atoms with Crippen LogP contribution in [0.15, 0.2) is 60.0 Å². The molecule has 0 aliphatic rings. The Kier molecular flexibility index (Phi) is 7.24. The molecule has 2 N–H and O–H groups in total. The van der Waals surface area contributed by atoms with Gasteiger partial charge in [0.25, 0.3) is 5.91 Å². The Hall–Kier alpha value is -3.04. The van der Waals surface area contributed by atoms with Gasteiger partial charge < -0.3 is 10.1 Å². The van der Waals surface area contributed by atoms with E-state index in [-0.39, 0.29) is 22.7 Å². The van der Waals surface area contributed by atoms with E-state index in [1.54, 1.807) is 6.92 Å². The maximum absolute atomic E-state index is 13.6. The minimum Gasteiger partial charge on any atom is -0.449 e. The highest BCUT2D eigenvalue weighted by Crippen LogP contribution is 2.15. The number of amides is 1. The molecule has 0 aromatic heterocycles. The van der Waals surface area contributed by atoms with Crippen LogP contribution in [-0.2, 0) is 19.6 Å². The van der Waals surface area contributed by atoms with Crippen molar-refractivity contribution in [3.63, 3.8) is 0 Å². The van der Waals surface area contributed by atoms with Crippen LogP contribution in [0.1, 0.15) is 22.8 Å². The quantitative estimate of drug-likeness (QED) is 0.505. The normalized spacial score (nSPS) is 12.1. The largest absolute Gasteiger partial charge is 0.449 e. The predicted molar refractivity (Wildman–Crippen MR) is 106 cm³/mol. The molecule has 0 unspecified atom stereocenters. The number of halogens is 1. The number of nitrogens with one attached hydrogen (secondary N) is 2. The molecule has 0 aliphatic heterocycles. The van der Waals surface area contributed by atoms with E-state index < -0.39 is 33.8 Å². The zero-order valence-electron chi connectivity index (χ0n) is 15.9. The van der Waals surface area contributed by atoms with Crippen molar-refractivity contribution in [3.8, 4) is 0 Å². The molecule has 0 fully saturated rings. The number of hydrogen-bond donors (Lipinski definition) is 2. The molecular weight excluding hydrogens is 399 g/mol. The molecule has 0 spiro atoms. The van der Waals surface area contributed by atoms with Gasteiger partial charge in [0.1, 0.15) is 5.82 Å². The minimum absolute atomic E-state index is 0.0249. The number of sulfonamides is 1. The summed E-state index contributed by atoms with van der Waals surface area (Å²) in [6.45, 7) is 6.47. The Bertz CT molecular complexity index is 1020. The molecule has 29 heavy (non-hydrogen) atoms. The number of benzene rings is 2. The topological polar surface area (TPSA) is 102 Å². The third-order valence-electron chi connectivity index (χ3n) is 3.91. The number of ether oxygens (including phenoxy) is 1. The van der Waals surface area contributed by atoms with Crippen molar-refractivity contribution < 1.29 is 27.1 Å². The van der Waals surface area contributed by atoms with Crippen molar-refractivity contribution in [2.45, 2.75) is 24.8 Å². The highest BCUT2D eigenvalue weighted by molar-refractivity contribution is 7.89. The number of esters is 1. The van der Waals surface area contributed by atoms with Crippen LogP contribution >= 0.6 is 0 Å². The summed E-state index contributed by atoms with van der Waals surface area (Å²) in [6, 6.07) is 9.28. The molecule has 2 aromatic rings. The Morgan fingerprint density at radius 3 is 2.45 bits per heavy atom. The third-order valence-corrected chi connectivity index (χ3v) is 5.35. The van der Waals surface area contributed by atoms with E-state index >= 15 is 0 Å². The summed E-state index contributed by atoms with van der Waals surface area (Å²) < 4.78 is 45.0. The molecule has 9 heteroatoms. The summed E-state index contributed by atoms with van der Waals surface area (Å²) in [6.07, 6.45) is 0.255. The average molecular weight is 420 g/mol. The lowest BCUT2D eigenvalue weighted by Crippen LogP contribution is -2.30. The summed E-state index contributed by atoms with van der Waals surface area (Å²) in [4.78, 5) is 24.3. The number of anilines is 1. The molecule has 0 aliphatic carbocycles. The number of hydrogen-bond acceptors (Lipinski definition) is 5. The first kappa shape index (κ1) is 22.3. The summed E-state index contributed by atoms with van der Waals surface area (Å²) >= 11 is 0. The van der Waals surface area contributed by atoms with Crippen molar-refractivity contribution in [3.05, 3.63) is 72.1 Å². The van der Waals surface area contributed by atoms with E-state index in [1.807, 2.05) is 0 Å². The summed E-state index contributed by atoms with van der Waals surface area (Å²) in [5, 5.41) is 2.46. The van der Waals surface area contributed by atoms with Gasteiger partial charge in [-0.15, -0.1) is 6.58 Å². The monoisotopic (exact) mass is 420 g/mol.